The van der Waals surface area contributed by atoms with Crippen LogP contribution in [0, 0.1) is 5.92 Å². The van der Waals surface area contributed by atoms with Gasteiger partial charge in [0.15, 0.2) is 0 Å². The minimum Gasteiger partial charge on any atom is -0.338 e. The van der Waals surface area contributed by atoms with Crippen LogP contribution in [0.15, 0.2) is 48.5 Å². The lowest BCUT2D eigenvalue weighted by Gasteiger charge is -2.21. The van der Waals surface area contributed by atoms with E-state index in [9.17, 15) is 9.59 Å². The Hall–Kier alpha value is -2.62. The molecule has 0 saturated carbocycles. The van der Waals surface area contributed by atoms with E-state index >= 15 is 0 Å². The Bertz CT molecular complexity index is 816. The van der Waals surface area contributed by atoms with E-state index in [-0.39, 0.29) is 17.7 Å². The molecule has 1 fully saturated rings. The number of nitrogens with zero attached hydrogens (tertiary/aromatic N) is 1. The van der Waals surface area contributed by atoms with Crippen molar-refractivity contribution >= 4 is 17.5 Å². The molecule has 1 atom stereocenters. The van der Waals surface area contributed by atoms with Crippen LogP contribution in [-0.4, -0.2) is 23.3 Å². The second-order valence-corrected chi connectivity index (χ2v) is 7.30. The molecule has 1 heterocycles. The maximum Gasteiger partial charge on any atom is 0.229 e. The van der Waals surface area contributed by atoms with Crippen LogP contribution in [0.2, 0.25) is 0 Å². The van der Waals surface area contributed by atoms with Gasteiger partial charge in [0.05, 0.1) is 5.92 Å². The fourth-order valence-corrected chi connectivity index (χ4v) is 4.04. The van der Waals surface area contributed by atoms with Gasteiger partial charge in [0.2, 0.25) is 11.8 Å². The minimum atomic E-state index is -0.273. The molecule has 2 aromatic carbocycles. The molecule has 2 aliphatic rings. The van der Waals surface area contributed by atoms with Gasteiger partial charge in [-0.1, -0.05) is 42.5 Å². The zero-order chi connectivity index (χ0) is 17.9. The molecular weight excluding hydrogens is 324 g/mol. The normalized spacial score (nSPS) is 19.3. The SMILES string of the molecule is O=C(Nc1cccc2c1CCCC2)C1CC(=O)N(Cc2ccccc2)C1. The van der Waals surface area contributed by atoms with Crippen molar-refractivity contribution in [3.8, 4) is 0 Å². The van der Waals surface area contributed by atoms with Crippen molar-refractivity contribution in [2.75, 3.05) is 11.9 Å². The second kappa shape index (κ2) is 7.32. The molecule has 0 bridgehead atoms. The number of aryl methyl sites for hydroxylation is 1. The largest absolute Gasteiger partial charge is 0.338 e. The van der Waals surface area contributed by atoms with Crippen LogP contribution in [0.5, 0.6) is 0 Å². The van der Waals surface area contributed by atoms with E-state index < -0.39 is 0 Å². The molecule has 4 heteroatoms. The number of benzene rings is 2. The van der Waals surface area contributed by atoms with Crippen LogP contribution in [0.1, 0.15) is 36.0 Å². The second-order valence-electron chi connectivity index (χ2n) is 7.30. The summed E-state index contributed by atoms with van der Waals surface area (Å²) in [6.45, 7) is 1.07. The lowest BCUT2D eigenvalue weighted by atomic mass is 9.90. The van der Waals surface area contributed by atoms with E-state index in [0.717, 1.165) is 24.1 Å². The number of amides is 2. The van der Waals surface area contributed by atoms with E-state index in [0.29, 0.717) is 19.5 Å². The smallest absolute Gasteiger partial charge is 0.229 e. The lowest BCUT2D eigenvalue weighted by Crippen LogP contribution is -2.28. The van der Waals surface area contributed by atoms with E-state index in [2.05, 4.69) is 11.4 Å². The van der Waals surface area contributed by atoms with Crippen LogP contribution in [0.25, 0.3) is 0 Å². The number of rotatable bonds is 4. The monoisotopic (exact) mass is 348 g/mol. The Morgan fingerprint density at radius 3 is 2.69 bits per heavy atom. The number of anilines is 1. The summed E-state index contributed by atoms with van der Waals surface area (Å²) in [5.41, 5.74) is 4.65. The number of hydrogen-bond acceptors (Lipinski definition) is 2. The third kappa shape index (κ3) is 3.50. The molecular formula is C22H24N2O2. The first-order valence-electron chi connectivity index (χ1n) is 9.44. The quantitative estimate of drug-likeness (QED) is 0.918. The fraction of sp³-hybridized carbons (Fsp3) is 0.364. The number of nitrogens with one attached hydrogen (secondary N) is 1. The fourth-order valence-electron chi connectivity index (χ4n) is 4.04. The lowest BCUT2D eigenvalue weighted by molar-refractivity contribution is -0.128. The third-order valence-corrected chi connectivity index (χ3v) is 5.46. The van der Waals surface area contributed by atoms with Gasteiger partial charge in [-0.3, -0.25) is 9.59 Å². The molecule has 4 nitrogen and oxygen atoms in total. The summed E-state index contributed by atoms with van der Waals surface area (Å²) in [5, 5.41) is 3.10. The molecule has 0 spiro atoms. The molecule has 0 radical (unpaired) electrons. The molecule has 4 rings (SSSR count). The average Bonchev–Trinajstić information content (AvgIpc) is 3.03. The Kier molecular flexibility index (Phi) is 4.74. The summed E-state index contributed by atoms with van der Waals surface area (Å²) in [7, 11) is 0. The zero-order valence-electron chi connectivity index (χ0n) is 14.9. The van der Waals surface area contributed by atoms with Crippen molar-refractivity contribution in [1.82, 2.24) is 4.90 Å². The van der Waals surface area contributed by atoms with E-state index in [1.807, 2.05) is 42.5 Å². The van der Waals surface area contributed by atoms with E-state index in [4.69, 9.17) is 0 Å². The van der Waals surface area contributed by atoms with Gasteiger partial charge < -0.3 is 10.2 Å². The highest BCUT2D eigenvalue weighted by atomic mass is 16.2. The molecule has 2 aromatic rings. The van der Waals surface area contributed by atoms with Gasteiger partial charge in [0.25, 0.3) is 0 Å². The molecule has 1 unspecified atom stereocenters. The Balaban J connectivity index is 1.42. The molecule has 2 amide bonds. The van der Waals surface area contributed by atoms with E-state index in [1.165, 1.54) is 24.0 Å². The van der Waals surface area contributed by atoms with Crippen molar-refractivity contribution in [3.63, 3.8) is 0 Å². The number of likely N-dealkylation sites (tertiary alicyclic amines) is 1. The van der Waals surface area contributed by atoms with Crippen molar-refractivity contribution in [2.24, 2.45) is 5.92 Å². The molecule has 1 saturated heterocycles. The van der Waals surface area contributed by atoms with Gasteiger partial charge in [0, 0.05) is 25.2 Å². The summed E-state index contributed by atoms with van der Waals surface area (Å²) < 4.78 is 0. The van der Waals surface area contributed by atoms with Crippen LogP contribution in [0.3, 0.4) is 0 Å². The van der Waals surface area contributed by atoms with Crippen molar-refractivity contribution < 1.29 is 9.59 Å². The summed E-state index contributed by atoms with van der Waals surface area (Å²) in [6, 6.07) is 16.1. The third-order valence-electron chi connectivity index (χ3n) is 5.46. The number of fused-ring (bicyclic) bond motifs is 1. The van der Waals surface area contributed by atoms with Crippen LogP contribution in [0.4, 0.5) is 5.69 Å². The predicted molar refractivity (Wildman–Crippen MR) is 102 cm³/mol. The maximum absolute atomic E-state index is 12.8. The van der Waals surface area contributed by atoms with Crippen molar-refractivity contribution in [1.29, 1.82) is 0 Å². The van der Waals surface area contributed by atoms with Crippen LogP contribution < -0.4 is 5.32 Å². The highest BCUT2D eigenvalue weighted by Crippen LogP contribution is 2.29. The van der Waals surface area contributed by atoms with Gasteiger partial charge in [-0.15, -0.1) is 0 Å². The molecule has 0 aromatic heterocycles. The van der Waals surface area contributed by atoms with Gasteiger partial charge >= 0.3 is 0 Å². The Labute approximate surface area is 154 Å². The van der Waals surface area contributed by atoms with Gasteiger partial charge in [-0.25, -0.2) is 0 Å². The summed E-state index contributed by atoms with van der Waals surface area (Å²) in [6.07, 6.45) is 4.80. The van der Waals surface area contributed by atoms with Gasteiger partial charge in [-0.2, -0.15) is 0 Å². The van der Waals surface area contributed by atoms with E-state index in [1.54, 1.807) is 4.90 Å². The number of carbonyl (C=O) groups excluding carboxylic acids is 2. The summed E-state index contributed by atoms with van der Waals surface area (Å²) in [4.78, 5) is 26.9. The first-order chi connectivity index (χ1) is 12.7. The van der Waals surface area contributed by atoms with Crippen molar-refractivity contribution in [2.45, 2.75) is 38.6 Å². The highest BCUT2D eigenvalue weighted by molar-refractivity contribution is 5.97. The topological polar surface area (TPSA) is 49.4 Å². The summed E-state index contributed by atoms with van der Waals surface area (Å²) >= 11 is 0. The highest BCUT2D eigenvalue weighted by Gasteiger charge is 2.34. The molecule has 134 valence electrons. The zero-order valence-corrected chi connectivity index (χ0v) is 14.9. The molecule has 1 aliphatic carbocycles. The molecule has 26 heavy (non-hydrogen) atoms. The maximum atomic E-state index is 12.8. The summed E-state index contributed by atoms with van der Waals surface area (Å²) in [5.74, 6) is -0.248. The van der Waals surface area contributed by atoms with Crippen LogP contribution >= 0.6 is 0 Å². The number of hydrogen-bond donors (Lipinski definition) is 1. The van der Waals surface area contributed by atoms with Gasteiger partial charge in [0.1, 0.15) is 0 Å². The Morgan fingerprint density at radius 2 is 1.85 bits per heavy atom. The first kappa shape index (κ1) is 16.8. The van der Waals surface area contributed by atoms with Crippen LogP contribution in [-0.2, 0) is 29.0 Å². The molecule has 1 N–H and O–H groups in total. The van der Waals surface area contributed by atoms with Crippen molar-refractivity contribution in [3.05, 3.63) is 65.2 Å². The van der Waals surface area contributed by atoms with Gasteiger partial charge in [-0.05, 0) is 48.4 Å². The average molecular weight is 348 g/mol. The standard InChI is InChI=1S/C22H24N2O2/c25-21-13-18(15-24(21)14-16-7-2-1-3-8-16)22(26)23-20-12-6-10-17-9-4-5-11-19(17)20/h1-3,6-8,10,12,18H,4-5,9,11,13-15H2,(H,23,26). The number of carbonyl (C=O) groups is 2. The molecule has 1 aliphatic heterocycles. The minimum absolute atomic E-state index is 0.0344. The Morgan fingerprint density at radius 1 is 1.04 bits per heavy atom. The first-order valence-corrected chi connectivity index (χ1v) is 9.44. The predicted octanol–water partition coefficient (Wildman–Crippen LogP) is 3.55.